The first-order chi connectivity index (χ1) is 3.72. The highest BCUT2D eigenvalue weighted by Gasteiger charge is 1.86. The molecule has 0 amide bonds. The maximum atomic E-state index is 8.53. The first-order valence-electron chi connectivity index (χ1n) is 2.62. The normalized spacial score (nSPS) is 12.9. The molecular weight excluding hydrogens is 100 g/mol. The van der Waals surface area contributed by atoms with Gasteiger partial charge in [-0.2, -0.15) is 0 Å². The van der Waals surface area contributed by atoms with Gasteiger partial charge in [-0.15, -0.1) is 0 Å². The molecule has 0 aliphatic carbocycles. The first-order valence-corrected chi connectivity index (χ1v) is 2.62. The van der Waals surface area contributed by atoms with Gasteiger partial charge in [0.05, 0.1) is 6.61 Å². The van der Waals surface area contributed by atoms with Crippen molar-refractivity contribution >= 4 is 0 Å². The van der Waals surface area contributed by atoms with E-state index in [2.05, 4.69) is 6.58 Å². The summed E-state index contributed by atoms with van der Waals surface area (Å²) in [7, 11) is 0. The van der Waals surface area contributed by atoms with Crippen molar-refractivity contribution in [1.82, 2.24) is 0 Å². The standard InChI is InChI=1S/C7H12O/c1-4-6(2)7(3)5-8/h4,8H,1,5H2,2-3H3/b7-6-. The van der Waals surface area contributed by atoms with Crippen LogP contribution in [0.5, 0.6) is 0 Å². The van der Waals surface area contributed by atoms with Crippen molar-refractivity contribution in [3.63, 3.8) is 0 Å². The molecular formula is C7H12O. The van der Waals surface area contributed by atoms with Gasteiger partial charge in [-0.3, -0.25) is 0 Å². The van der Waals surface area contributed by atoms with E-state index in [1.807, 2.05) is 13.8 Å². The van der Waals surface area contributed by atoms with Gasteiger partial charge in [0, 0.05) is 0 Å². The molecule has 8 heavy (non-hydrogen) atoms. The fourth-order valence-electron chi connectivity index (χ4n) is 0.299. The third kappa shape index (κ3) is 1.94. The van der Waals surface area contributed by atoms with Gasteiger partial charge >= 0.3 is 0 Å². The predicted molar refractivity (Wildman–Crippen MR) is 35.7 cm³/mol. The van der Waals surface area contributed by atoms with E-state index in [1.54, 1.807) is 6.08 Å². The van der Waals surface area contributed by atoms with E-state index in [0.29, 0.717) is 0 Å². The number of aliphatic hydroxyl groups is 1. The Hall–Kier alpha value is -0.560. The van der Waals surface area contributed by atoms with E-state index < -0.39 is 0 Å². The molecule has 0 rings (SSSR count). The molecule has 0 radical (unpaired) electrons. The Balaban J connectivity index is 4.03. The zero-order chi connectivity index (χ0) is 6.57. The second-order valence-electron chi connectivity index (χ2n) is 1.83. The van der Waals surface area contributed by atoms with Crippen LogP contribution in [0.4, 0.5) is 0 Å². The summed E-state index contributed by atoms with van der Waals surface area (Å²) in [5.74, 6) is 0. The third-order valence-electron chi connectivity index (χ3n) is 1.22. The SMILES string of the molecule is C=C/C(C)=C(/C)CO. The van der Waals surface area contributed by atoms with Gasteiger partial charge in [-0.25, -0.2) is 0 Å². The molecule has 0 bridgehead atoms. The molecule has 1 nitrogen and oxygen atoms in total. The Labute approximate surface area is 50.3 Å². The lowest BCUT2D eigenvalue weighted by Gasteiger charge is -1.95. The smallest absolute Gasteiger partial charge is 0.0644 e. The van der Waals surface area contributed by atoms with Crippen LogP contribution in [0.2, 0.25) is 0 Å². The maximum absolute atomic E-state index is 8.53. The Bertz CT molecular complexity index is 112. The molecule has 0 spiro atoms. The maximum Gasteiger partial charge on any atom is 0.0644 e. The summed E-state index contributed by atoms with van der Waals surface area (Å²) < 4.78 is 0. The summed E-state index contributed by atoms with van der Waals surface area (Å²) in [6.45, 7) is 7.51. The molecule has 0 aliphatic heterocycles. The highest BCUT2D eigenvalue weighted by atomic mass is 16.3. The molecule has 0 aliphatic rings. The van der Waals surface area contributed by atoms with Crippen LogP contribution in [0.15, 0.2) is 23.8 Å². The number of allylic oxidation sites excluding steroid dienone is 2. The largest absolute Gasteiger partial charge is 0.392 e. The molecule has 0 saturated carbocycles. The van der Waals surface area contributed by atoms with Crippen molar-refractivity contribution in [3.05, 3.63) is 23.8 Å². The van der Waals surface area contributed by atoms with Gasteiger partial charge in [-0.05, 0) is 19.4 Å². The molecule has 0 aromatic carbocycles. The molecule has 0 aromatic heterocycles. The van der Waals surface area contributed by atoms with Crippen molar-refractivity contribution in [2.75, 3.05) is 6.61 Å². The monoisotopic (exact) mass is 112 g/mol. The minimum absolute atomic E-state index is 0.137. The van der Waals surface area contributed by atoms with Crippen LogP contribution in [-0.2, 0) is 0 Å². The molecule has 0 fully saturated rings. The lowest BCUT2D eigenvalue weighted by Crippen LogP contribution is -1.86. The highest BCUT2D eigenvalue weighted by molar-refractivity contribution is 5.20. The van der Waals surface area contributed by atoms with Gasteiger partial charge < -0.3 is 5.11 Å². The van der Waals surface area contributed by atoms with Gasteiger partial charge in [0.2, 0.25) is 0 Å². The van der Waals surface area contributed by atoms with Crippen LogP contribution in [-0.4, -0.2) is 11.7 Å². The van der Waals surface area contributed by atoms with Crippen molar-refractivity contribution in [2.24, 2.45) is 0 Å². The highest BCUT2D eigenvalue weighted by Crippen LogP contribution is 2.01. The number of hydrogen-bond donors (Lipinski definition) is 1. The summed E-state index contributed by atoms with van der Waals surface area (Å²) in [5, 5.41) is 8.53. The fraction of sp³-hybridized carbons (Fsp3) is 0.429. The van der Waals surface area contributed by atoms with E-state index in [0.717, 1.165) is 11.1 Å². The second-order valence-corrected chi connectivity index (χ2v) is 1.83. The van der Waals surface area contributed by atoms with Crippen LogP contribution >= 0.6 is 0 Å². The Morgan fingerprint density at radius 2 is 2.12 bits per heavy atom. The summed E-state index contributed by atoms with van der Waals surface area (Å²) >= 11 is 0. The second kappa shape index (κ2) is 3.44. The Kier molecular flexibility index (Phi) is 3.20. The average molecular weight is 112 g/mol. The minimum atomic E-state index is 0.137. The number of rotatable bonds is 2. The minimum Gasteiger partial charge on any atom is -0.392 e. The summed E-state index contributed by atoms with van der Waals surface area (Å²) in [5.41, 5.74) is 2.05. The van der Waals surface area contributed by atoms with Crippen molar-refractivity contribution < 1.29 is 5.11 Å². The van der Waals surface area contributed by atoms with E-state index >= 15 is 0 Å². The molecule has 0 saturated heterocycles. The molecule has 0 heterocycles. The molecule has 1 heteroatoms. The third-order valence-corrected chi connectivity index (χ3v) is 1.22. The summed E-state index contributed by atoms with van der Waals surface area (Å²) in [6, 6.07) is 0. The van der Waals surface area contributed by atoms with E-state index in [1.165, 1.54) is 0 Å². The molecule has 1 N–H and O–H groups in total. The van der Waals surface area contributed by atoms with E-state index in [4.69, 9.17) is 5.11 Å². The first kappa shape index (κ1) is 7.44. The molecule has 0 unspecified atom stereocenters. The van der Waals surface area contributed by atoms with Gasteiger partial charge in [0.1, 0.15) is 0 Å². The fourth-order valence-corrected chi connectivity index (χ4v) is 0.299. The quantitative estimate of drug-likeness (QED) is 0.537. The Morgan fingerprint density at radius 3 is 2.25 bits per heavy atom. The van der Waals surface area contributed by atoms with Gasteiger partial charge in [0.15, 0.2) is 0 Å². The van der Waals surface area contributed by atoms with Gasteiger partial charge in [0.25, 0.3) is 0 Å². The van der Waals surface area contributed by atoms with Crippen LogP contribution in [0, 0.1) is 0 Å². The predicted octanol–water partition coefficient (Wildman–Crippen LogP) is 1.50. The topological polar surface area (TPSA) is 20.2 Å². The zero-order valence-corrected chi connectivity index (χ0v) is 5.44. The molecule has 0 atom stereocenters. The lowest BCUT2D eigenvalue weighted by molar-refractivity contribution is 0.330. The Morgan fingerprint density at radius 1 is 1.62 bits per heavy atom. The summed E-state index contributed by atoms with van der Waals surface area (Å²) in [6.07, 6.45) is 1.74. The van der Waals surface area contributed by atoms with E-state index in [9.17, 15) is 0 Å². The van der Waals surface area contributed by atoms with Crippen LogP contribution in [0.3, 0.4) is 0 Å². The molecule has 0 aromatic rings. The van der Waals surface area contributed by atoms with Crippen LogP contribution in [0.1, 0.15) is 13.8 Å². The number of aliphatic hydroxyl groups excluding tert-OH is 1. The summed E-state index contributed by atoms with van der Waals surface area (Å²) in [4.78, 5) is 0. The van der Waals surface area contributed by atoms with Crippen LogP contribution in [0.25, 0.3) is 0 Å². The average Bonchev–Trinajstić information content (AvgIpc) is 1.84. The molecule has 46 valence electrons. The van der Waals surface area contributed by atoms with Gasteiger partial charge in [-0.1, -0.05) is 18.2 Å². The zero-order valence-electron chi connectivity index (χ0n) is 5.44. The van der Waals surface area contributed by atoms with Crippen LogP contribution < -0.4 is 0 Å². The van der Waals surface area contributed by atoms with Crippen molar-refractivity contribution in [1.29, 1.82) is 0 Å². The van der Waals surface area contributed by atoms with E-state index in [-0.39, 0.29) is 6.61 Å². The van der Waals surface area contributed by atoms with Crippen molar-refractivity contribution in [2.45, 2.75) is 13.8 Å². The number of hydrogen-bond acceptors (Lipinski definition) is 1. The van der Waals surface area contributed by atoms with Crippen molar-refractivity contribution in [3.8, 4) is 0 Å². The lowest BCUT2D eigenvalue weighted by atomic mass is 10.2.